The molecule has 2 aliphatic rings. The quantitative estimate of drug-likeness (QED) is 0.815. The first-order valence-corrected chi connectivity index (χ1v) is 8.09. The van der Waals surface area contributed by atoms with Crippen LogP contribution in [0.15, 0.2) is 4.99 Å². The zero-order valence-corrected chi connectivity index (χ0v) is 12.2. The molecule has 1 aliphatic carbocycles. The van der Waals surface area contributed by atoms with E-state index in [0.717, 1.165) is 24.3 Å². The van der Waals surface area contributed by atoms with Crippen LogP contribution in [0.25, 0.3) is 0 Å². The van der Waals surface area contributed by atoms with Gasteiger partial charge in [-0.3, -0.25) is 4.99 Å². The summed E-state index contributed by atoms with van der Waals surface area (Å²) in [5, 5.41) is 4.72. The number of hydrogen-bond donors (Lipinski definition) is 1. The molecule has 4 atom stereocenters. The van der Waals surface area contributed by atoms with Gasteiger partial charge in [0.15, 0.2) is 5.17 Å². The summed E-state index contributed by atoms with van der Waals surface area (Å²) in [5.41, 5.74) is 0. The van der Waals surface area contributed by atoms with Crippen LogP contribution in [0.4, 0.5) is 0 Å². The Morgan fingerprint density at radius 1 is 1.18 bits per heavy atom. The van der Waals surface area contributed by atoms with Gasteiger partial charge in [-0.05, 0) is 31.1 Å². The third-order valence-corrected chi connectivity index (χ3v) is 5.66. The van der Waals surface area contributed by atoms with Gasteiger partial charge in [-0.25, -0.2) is 0 Å². The molecule has 0 aromatic rings. The van der Waals surface area contributed by atoms with Gasteiger partial charge in [0.05, 0.1) is 0 Å². The van der Waals surface area contributed by atoms with Gasteiger partial charge in [-0.1, -0.05) is 44.9 Å². The van der Waals surface area contributed by atoms with Gasteiger partial charge >= 0.3 is 0 Å². The molecule has 1 aliphatic heterocycles. The molecule has 4 unspecified atom stereocenters. The summed E-state index contributed by atoms with van der Waals surface area (Å²) in [6.45, 7) is 8.02. The van der Waals surface area contributed by atoms with Gasteiger partial charge in [-0.15, -0.1) is 0 Å². The van der Waals surface area contributed by atoms with Gasteiger partial charge in [-0.2, -0.15) is 0 Å². The van der Waals surface area contributed by atoms with E-state index in [1.807, 2.05) is 11.8 Å². The molecule has 98 valence electrons. The van der Waals surface area contributed by atoms with E-state index in [-0.39, 0.29) is 0 Å². The van der Waals surface area contributed by atoms with Crippen LogP contribution >= 0.6 is 11.8 Å². The molecule has 0 bridgehead atoms. The van der Waals surface area contributed by atoms with Crippen LogP contribution in [-0.2, 0) is 0 Å². The Balaban J connectivity index is 1.83. The minimum absolute atomic E-state index is 0.582. The molecule has 0 spiro atoms. The van der Waals surface area contributed by atoms with Crippen LogP contribution in [0.5, 0.6) is 0 Å². The van der Waals surface area contributed by atoms with Crippen molar-refractivity contribution in [3.05, 3.63) is 0 Å². The van der Waals surface area contributed by atoms with E-state index in [1.54, 1.807) is 0 Å². The second kappa shape index (κ2) is 6.12. The van der Waals surface area contributed by atoms with E-state index in [4.69, 9.17) is 4.99 Å². The molecule has 0 aromatic carbocycles. The molecule has 2 rings (SSSR count). The minimum atomic E-state index is 0.582. The third-order valence-electron chi connectivity index (χ3n) is 4.45. The topological polar surface area (TPSA) is 24.4 Å². The highest BCUT2D eigenvalue weighted by Gasteiger charge is 2.23. The SMILES string of the molecule is CC1CCCCC1CN=C1NC(C)C(C)CS1. The summed E-state index contributed by atoms with van der Waals surface area (Å²) < 4.78 is 0. The lowest BCUT2D eigenvalue weighted by Crippen LogP contribution is -2.41. The van der Waals surface area contributed by atoms with Crippen molar-refractivity contribution in [2.24, 2.45) is 22.7 Å². The van der Waals surface area contributed by atoms with Crippen molar-refractivity contribution >= 4 is 16.9 Å². The molecular formula is C14H26N2S. The summed E-state index contributed by atoms with van der Waals surface area (Å²) in [7, 11) is 0. The molecule has 17 heavy (non-hydrogen) atoms. The number of thioether (sulfide) groups is 1. The Labute approximate surface area is 110 Å². The highest BCUT2D eigenvalue weighted by atomic mass is 32.2. The Hall–Kier alpha value is -0.180. The predicted octanol–water partition coefficient (Wildman–Crippen LogP) is 3.53. The summed E-state index contributed by atoms with van der Waals surface area (Å²) in [6.07, 6.45) is 5.63. The van der Waals surface area contributed by atoms with Crippen molar-refractivity contribution in [3.8, 4) is 0 Å². The molecule has 1 saturated carbocycles. The molecule has 1 heterocycles. The molecule has 3 heteroatoms. The van der Waals surface area contributed by atoms with Crippen molar-refractivity contribution in [1.82, 2.24) is 5.32 Å². The lowest BCUT2D eigenvalue weighted by Gasteiger charge is -2.30. The zero-order chi connectivity index (χ0) is 12.3. The van der Waals surface area contributed by atoms with Crippen LogP contribution in [0, 0.1) is 17.8 Å². The van der Waals surface area contributed by atoms with Gasteiger partial charge in [0.2, 0.25) is 0 Å². The number of hydrogen-bond acceptors (Lipinski definition) is 2. The van der Waals surface area contributed by atoms with E-state index in [2.05, 4.69) is 26.1 Å². The van der Waals surface area contributed by atoms with E-state index < -0.39 is 0 Å². The Bertz CT molecular complexity index is 277. The molecule has 2 nitrogen and oxygen atoms in total. The Morgan fingerprint density at radius 2 is 1.94 bits per heavy atom. The fourth-order valence-corrected chi connectivity index (χ4v) is 3.83. The smallest absolute Gasteiger partial charge is 0.156 e. The maximum absolute atomic E-state index is 4.81. The van der Waals surface area contributed by atoms with Crippen LogP contribution in [0.3, 0.4) is 0 Å². The van der Waals surface area contributed by atoms with Crippen molar-refractivity contribution < 1.29 is 0 Å². The van der Waals surface area contributed by atoms with Crippen molar-refractivity contribution in [1.29, 1.82) is 0 Å². The maximum atomic E-state index is 4.81. The predicted molar refractivity (Wildman–Crippen MR) is 77.6 cm³/mol. The lowest BCUT2D eigenvalue weighted by molar-refractivity contribution is 0.263. The first-order chi connectivity index (χ1) is 8.16. The minimum Gasteiger partial charge on any atom is -0.362 e. The molecular weight excluding hydrogens is 228 g/mol. The van der Waals surface area contributed by atoms with Crippen molar-refractivity contribution in [3.63, 3.8) is 0 Å². The first kappa shape index (κ1) is 13.3. The average Bonchev–Trinajstić information content (AvgIpc) is 2.32. The second-order valence-electron chi connectivity index (χ2n) is 5.89. The van der Waals surface area contributed by atoms with Crippen LogP contribution < -0.4 is 5.32 Å². The number of aliphatic imine (C=N–C) groups is 1. The molecule has 1 N–H and O–H groups in total. The summed E-state index contributed by atoms with van der Waals surface area (Å²) in [5.74, 6) is 3.67. The number of amidine groups is 1. The van der Waals surface area contributed by atoms with Crippen molar-refractivity contribution in [2.75, 3.05) is 12.3 Å². The van der Waals surface area contributed by atoms with Crippen LogP contribution in [0.2, 0.25) is 0 Å². The summed E-state index contributed by atoms with van der Waals surface area (Å²) in [4.78, 5) is 4.81. The van der Waals surface area contributed by atoms with Gasteiger partial charge in [0.1, 0.15) is 0 Å². The monoisotopic (exact) mass is 254 g/mol. The normalized spacial score (nSPS) is 41.2. The number of rotatable bonds is 2. The number of nitrogens with one attached hydrogen (secondary N) is 1. The highest BCUT2D eigenvalue weighted by molar-refractivity contribution is 8.13. The molecule has 2 fully saturated rings. The van der Waals surface area contributed by atoms with Gasteiger partial charge in [0.25, 0.3) is 0 Å². The largest absolute Gasteiger partial charge is 0.362 e. The fraction of sp³-hybridized carbons (Fsp3) is 0.929. The summed E-state index contributed by atoms with van der Waals surface area (Å²) >= 11 is 1.90. The standard InChI is InChI=1S/C14H26N2S/c1-10-6-4-5-7-13(10)8-15-14-16-12(3)11(2)9-17-14/h10-13H,4-9H2,1-3H3,(H,15,16). The molecule has 0 radical (unpaired) electrons. The van der Waals surface area contributed by atoms with E-state index in [1.165, 1.54) is 36.6 Å². The Morgan fingerprint density at radius 3 is 2.65 bits per heavy atom. The highest BCUT2D eigenvalue weighted by Crippen LogP contribution is 2.30. The molecule has 1 saturated heterocycles. The second-order valence-corrected chi connectivity index (χ2v) is 6.90. The average molecular weight is 254 g/mol. The van der Waals surface area contributed by atoms with Gasteiger partial charge in [0, 0.05) is 18.3 Å². The summed E-state index contributed by atoms with van der Waals surface area (Å²) in [6, 6.07) is 0.582. The Kier molecular flexibility index (Phi) is 4.78. The zero-order valence-electron chi connectivity index (χ0n) is 11.4. The number of nitrogens with zero attached hydrogens (tertiary/aromatic N) is 1. The van der Waals surface area contributed by atoms with E-state index in [9.17, 15) is 0 Å². The fourth-order valence-electron chi connectivity index (χ4n) is 2.69. The maximum Gasteiger partial charge on any atom is 0.156 e. The third kappa shape index (κ3) is 3.64. The van der Waals surface area contributed by atoms with Crippen LogP contribution in [0.1, 0.15) is 46.5 Å². The first-order valence-electron chi connectivity index (χ1n) is 7.10. The lowest BCUT2D eigenvalue weighted by atomic mass is 9.80. The van der Waals surface area contributed by atoms with Crippen molar-refractivity contribution in [2.45, 2.75) is 52.5 Å². The van der Waals surface area contributed by atoms with Gasteiger partial charge < -0.3 is 5.32 Å². The molecule has 0 aromatic heterocycles. The van der Waals surface area contributed by atoms with E-state index in [0.29, 0.717) is 6.04 Å². The van der Waals surface area contributed by atoms with E-state index >= 15 is 0 Å². The molecule has 0 amide bonds. The van der Waals surface area contributed by atoms with Crippen LogP contribution in [-0.4, -0.2) is 23.5 Å².